The first-order valence-electron chi connectivity index (χ1n) is 9.95. The van der Waals surface area contributed by atoms with Gasteiger partial charge in [-0.2, -0.15) is 4.57 Å². The molecule has 1 aliphatic rings. The molecule has 2 nitrogen and oxygen atoms in total. The van der Waals surface area contributed by atoms with Crippen LogP contribution in [0.4, 0.5) is 0 Å². The van der Waals surface area contributed by atoms with E-state index >= 15 is 0 Å². The third-order valence-corrected chi connectivity index (χ3v) is 6.04. The molecule has 5 aromatic rings. The number of benzene rings is 4. The smallest absolute Gasteiger partial charge is 0.257 e. The van der Waals surface area contributed by atoms with Gasteiger partial charge < -0.3 is 4.74 Å². The lowest BCUT2D eigenvalue weighted by atomic mass is 9.90. The Kier molecular flexibility index (Phi) is 3.33. The van der Waals surface area contributed by atoms with E-state index in [9.17, 15) is 0 Å². The highest BCUT2D eigenvalue weighted by Gasteiger charge is 2.34. The normalized spacial score (nSPS) is 12.1. The summed E-state index contributed by atoms with van der Waals surface area (Å²) in [6.07, 6.45) is 0. The lowest BCUT2D eigenvalue weighted by Gasteiger charge is -2.24. The first-order chi connectivity index (χ1) is 14.2. The Balaban J connectivity index is 1.87. The molecular weight excluding hydrogens is 354 g/mol. The van der Waals surface area contributed by atoms with E-state index in [4.69, 9.17) is 4.74 Å². The van der Waals surface area contributed by atoms with Crippen LogP contribution >= 0.6 is 0 Å². The number of nitrogens with zero attached hydrogens (tertiary/aromatic N) is 1. The molecule has 138 valence electrons. The SMILES string of the molecule is Cc1ccc2cccc3c2c1-c1c(c(-c2ccccc2)c2ccccc2[n+]1C)O3. The molecule has 0 radical (unpaired) electrons. The molecule has 0 N–H and O–H groups in total. The Bertz CT molecular complexity index is 1430. The van der Waals surface area contributed by atoms with Crippen molar-refractivity contribution in [3.8, 4) is 33.9 Å². The van der Waals surface area contributed by atoms with Gasteiger partial charge in [0.2, 0.25) is 11.3 Å². The van der Waals surface area contributed by atoms with Gasteiger partial charge in [0.25, 0.3) is 5.69 Å². The Morgan fingerprint density at radius 3 is 2.38 bits per heavy atom. The second-order valence-electron chi connectivity index (χ2n) is 7.71. The molecule has 0 saturated heterocycles. The Morgan fingerprint density at radius 2 is 1.52 bits per heavy atom. The zero-order chi connectivity index (χ0) is 19.5. The van der Waals surface area contributed by atoms with Gasteiger partial charge in [-0.3, -0.25) is 0 Å². The van der Waals surface area contributed by atoms with Crippen LogP contribution in [-0.2, 0) is 7.05 Å². The molecule has 0 aliphatic carbocycles. The number of aryl methyl sites for hydroxylation is 2. The molecule has 0 atom stereocenters. The summed E-state index contributed by atoms with van der Waals surface area (Å²) < 4.78 is 8.94. The molecule has 1 aromatic heterocycles. The fraction of sp³-hybridized carbons (Fsp3) is 0.0741. The van der Waals surface area contributed by atoms with Crippen LogP contribution in [0.15, 0.2) is 84.9 Å². The van der Waals surface area contributed by atoms with E-state index < -0.39 is 0 Å². The van der Waals surface area contributed by atoms with Crippen molar-refractivity contribution in [1.82, 2.24) is 0 Å². The van der Waals surface area contributed by atoms with Gasteiger partial charge in [0, 0.05) is 17.0 Å². The van der Waals surface area contributed by atoms with Crippen LogP contribution in [0, 0.1) is 6.92 Å². The fourth-order valence-corrected chi connectivity index (χ4v) is 4.71. The van der Waals surface area contributed by atoms with E-state index in [-0.39, 0.29) is 0 Å². The van der Waals surface area contributed by atoms with Crippen LogP contribution in [-0.4, -0.2) is 0 Å². The van der Waals surface area contributed by atoms with Gasteiger partial charge in [-0.05, 0) is 35.6 Å². The summed E-state index contributed by atoms with van der Waals surface area (Å²) in [7, 11) is 2.14. The maximum absolute atomic E-state index is 6.66. The van der Waals surface area contributed by atoms with Crippen LogP contribution < -0.4 is 9.30 Å². The van der Waals surface area contributed by atoms with Crippen LogP contribution in [0.3, 0.4) is 0 Å². The van der Waals surface area contributed by atoms with Gasteiger partial charge in [-0.1, -0.05) is 66.7 Å². The Labute approximate surface area is 169 Å². The molecule has 0 amide bonds. The Hall–Kier alpha value is -3.65. The first-order valence-corrected chi connectivity index (χ1v) is 9.95. The number of pyridine rings is 1. The predicted molar refractivity (Wildman–Crippen MR) is 118 cm³/mol. The topological polar surface area (TPSA) is 13.1 Å². The number of rotatable bonds is 1. The van der Waals surface area contributed by atoms with Gasteiger partial charge in [-0.15, -0.1) is 0 Å². The quantitative estimate of drug-likeness (QED) is 0.297. The van der Waals surface area contributed by atoms with Crippen molar-refractivity contribution < 1.29 is 9.30 Å². The summed E-state index contributed by atoms with van der Waals surface area (Å²) in [6.45, 7) is 2.19. The van der Waals surface area contributed by atoms with Crippen molar-refractivity contribution >= 4 is 21.7 Å². The van der Waals surface area contributed by atoms with Crippen LogP contribution in [0.2, 0.25) is 0 Å². The maximum Gasteiger partial charge on any atom is 0.257 e. The minimum absolute atomic E-state index is 0.932. The molecule has 6 rings (SSSR count). The summed E-state index contributed by atoms with van der Waals surface area (Å²) in [5.74, 6) is 1.87. The molecule has 0 bridgehead atoms. The van der Waals surface area contributed by atoms with Gasteiger partial charge >= 0.3 is 0 Å². The lowest BCUT2D eigenvalue weighted by molar-refractivity contribution is -0.633. The molecule has 1 aliphatic heterocycles. The second-order valence-corrected chi connectivity index (χ2v) is 7.71. The van der Waals surface area contributed by atoms with Crippen molar-refractivity contribution in [2.45, 2.75) is 6.92 Å². The fourth-order valence-electron chi connectivity index (χ4n) is 4.71. The highest BCUT2D eigenvalue weighted by Crippen LogP contribution is 2.51. The minimum atomic E-state index is 0.932. The van der Waals surface area contributed by atoms with E-state index in [1.807, 2.05) is 0 Å². The number of para-hydroxylation sites is 1. The summed E-state index contributed by atoms with van der Waals surface area (Å²) in [5.41, 5.74) is 7.20. The van der Waals surface area contributed by atoms with Crippen molar-refractivity contribution in [2.75, 3.05) is 0 Å². The lowest BCUT2D eigenvalue weighted by Crippen LogP contribution is -2.34. The van der Waals surface area contributed by atoms with Crippen molar-refractivity contribution in [1.29, 1.82) is 0 Å². The zero-order valence-corrected chi connectivity index (χ0v) is 16.4. The minimum Gasteiger partial charge on any atom is -0.449 e. The van der Waals surface area contributed by atoms with E-state index in [1.54, 1.807) is 0 Å². The van der Waals surface area contributed by atoms with Crippen LogP contribution in [0.1, 0.15) is 5.56 Å². The van der Waals surface area contributed by atoms with Crippen LogP contribution in [0.5, 0.6) is 11.5 Å². The molecule has 0 spiro atoms. The van der Waals surface area contributed by atoms with Crippen molar-refractivity contribution in [3.63, 3.8) is 0 Å². The molecule has 29 heavy (non-hydrogen) atoms. The molecular formula is C27H20NO+. The third kappa shape index (κ3) is 2.20. The number of hydrogen-bond acceptors (Lipinski definition) is 1. The van der Waals surface area contributed by atoms with E-state index in [2.05, 4.69) is 103 Å². The molecule has 4 aromatic carbocycles. The molecule has 2 heteroatoms. The third-order valence-electron chi connectivity index (χ3n) is 6.04. The Morgan fingerprint density at radius 1 is 0.724 bits per heavy atom. The maximum atomic E-state index is 6.66. The van der Waals surface area contributed by atoms with Gasteiger partial charge in [0.15, 0.2) is 0 Å². The van der Waals surface area contributed by atoms with E-state index in [0.717, 1.165) is 22.8 Å². The van der Waals surface area contributed by atoms with E-state index in [0.29, 0.717) is 0 Å². The number of fused-ring (bicyclic) bond motifs is 3. The van der Waals surface area contributed by atoms with Crippen molar-refractivity contribution in [3.05, 3.63) is 90.5 Å². The predicted octanol–water partition coefficient (Wildman–Crippen LogP) is 6.57. The van der Waals surface area contributed by atoms with Crippen molar-refractivity contribution in [2.24, 2.45) is 7.05 Å². The summed E-state index contributed by atoms with van der Waals surface area (Å²) in [6, 6.07) is 29.9. The second kappa shape index (κ2) is 5.92. The molecule has 0 fully saturated rings. The monoisotopic (exact) mass is 374 g/mol. The molecule has 0 unspecified atom stereocenters. The summed E-state index contributed by atoms with van der Waals surface area (Å²) >= 11 is 0. The van der Waals surface area contributed by atoms with Crippen LogP contribution in [0.25, 0.3) is 44.1 Å². The number of aromatic nitrogens is 1. The molecule has 2 heterocycles. The van der Waals surface area contributed by atoms with Gasteiger partial charge in [0.1, 0.15) is 12.8 Å². The largest absolute Gasteiger partial charge is 0.449 e. The highest BCUT2D eigenvalue weighted by molar-refractivity contribution is 6.08. The zero-order valence-electron chi connectivity index (χ0n) is 16.4. The highest BCUT2D eigenvalue weighted by atomic mass is 16.5. The average molecular weight is 374 g/mol. The summed E-state index contributed by atoms with van der Waals surface area (Å²) in [5, 5.41) is 3.61. The first kappa shape index (κ1) is 16.3. The number of ether oxygens (including phenoxy) is 1. The van der Waals surface area contributed by atoms with Gasteiger partial charge in [0.05, 0.1) is 10.9 Å². The number of hydrogen-bond donors (Lipinski definition) is 0. The standard InChI is InChI=1S/C27H20NO/c1-17-15-16-19-11-8-14-22-25(19)23(17)26-27(29-22)24(18-9-4-3-5-10-18)20-12-6-7-13-21(20)28(26)2/h3-16H,1-2H3/q+1. The molecule has 0 saturated carbocycles. The average Bonchev–Trinajstić information content (AvgIpc) is 2.76. The summed E-state index contributed by atoms with van der Waals surface area (Å²) in [4.78, 5) is 0. The van der Waals surface area contributed by atoms with E-state index in [1.165, 1.54) is 38.4 Å². The van der Waals surface area contributed by atoms with Gasteiger partial charge in [-0.25, -0.2) is 0 Å².